The summed E-state index contributed by atoms with van der Waals surface area (Å²) in [6.07, 6.45) is 1.09. The van der Waals surface area contributed by atoms with E-state index in [0.29, 0.717) is 16.9 Å². The largest absolute Gasteiger partial charge is 0.331 e. The lowest BCUT2D eigenvalue weighted by molar-refractivity contribution is 0.199. The molecule has 0 bridgehead atoms. The van der Waals surface area contributed by atoms with E-state index in [4.69, 9.17) is 11.6 Å². The quantitative estimate of drug-likeness (QED) is 0.895. The first-order valence-electron chi connectivity index (χ1n) is 7.29. The molecule has 110 valence electrons. The van der Waals surface area contributed by atoms with E-state index in [1.807, 2.05) is 29.2 Å². The maximum atomic E-state index is 12.4. The van der Waals surface area contributed by atoms with Crippen LogP contribution in [0.1, 0.15) is 38.8 Å². The van der Waals surface area contributed by atoms with Crippen molar-refractivity contribution in [3.63, 3.8) is 0 Å². The van der Waals surface area contributed by atoms with Crippen LogP contribution in [0.4, 0.5) is 4.79 Å². The highest BCUT2D eigenvalue weighted by Crippen LogP contribution is 2.28. The minimum Gasteiger partial charge on any atom is -0.331 e. The number of urea groups is 1. The predicted octanol–water partition coefficient (Wildman–Crippen LogP) is 4.09. The number of hydrogen-bond acceptors (Lipinski definition) is 1. The molecule has 4 heteroatoms. The number of nitrogens with zero attached hydrogens (tertiary/aromatic N) is 1. The summed E-state index contributed by atoms with van der Waals surface area (Å²) in [5.41, 5.74) is 0.991. The summed E-state index contributed by atoms with van der Waals surface area (Å²) in [5.74, 6) is 0.887. The number of carbonyl (C=O) groups excluding carboxylic acids is 1. The number of nitrogens with one attached hydrogen (secondary N) is 1. The second-order valence-electron chi connectivity index (χ2n) is 6.03. The highest BCUT2D eigenvalue weighted by atomic mass is 35.5. The van der Waals surface area contributed by atoms with Gasteiger partial charge in [-0.25, -0.2) is 4.79 Å². The van der Waals surface area contributed by atoms with E-state index in [1.54, 1.807) is 0 Å². The molecule has 0 aromatic heterocycles. The molecule has 0 aliphatic carbocycles. The Morgan fingerprint density at radius 2 is 2.10 bits per heavy atom. The van der Waals surface area contributed by atoms with E-state index < -0.39 is 0 Å². The van der Waals surface area contributed by atoms with Crippen LogP contribution in [0.15, 0.2) is 24.3 Å². The fourth-order valence-electron chi connectivity index (χ4n) is 2.67. The van der Waals surface area contributed by atoms with E-state index in [1.165, 1.54) is 0 Å². The van der Waals surface area contributed by atoms with Gasteiger partial charge in [0.1, 0.15) is 0 Å². The van der Waals surface area contributed by atoms with Crippen LogP contribution in [0.3, 0.4) is 0 Å². The molecule has 0 radical (unpaired) electrons. The van der Waals surface area contributed by atoms with Gasteiger partial charge in [0.05, 0.1) is 6.04 Å². The summed E-state index contributed by atoms with van der Waals surface area (Å²) in [6, 6.07) is 7.70. The van der Waals surface area contributed by atoms with Gasteiger partial charge >= 0.3 is 6.03 Å². The molecule has 1 aromatic rings. The van der Waals surface area contributed by atoms with E-state index in [-0.39, 0.29) is 12.1 Å². The number of halogens is 1. The van der Waals surface area contributed by atoms with Gasteiger partial charge in [-0.3, -0.25) is 0 Å². The average molecular weight is 295 g/mol. The number of benzene rings is 1. The summed E-state index contributed by atoms with van der Waals surface area (Å²) < 4.78 is 0. The van der Waals surface area contributed by atoms with Crippen LogP contribution < -0.4 is 5.32 Å². The van der Waals surface area contributed by atoms with Crippen LogP contribution in [-0.2, 0) is 0 Å². The van der Waals surface area contributed by atoms with Gasteiger partial charge in [-0.1, -0.05) is 50.6 Å². The van der Waals surface area contributed by atoms with Gasteiger partial charge in [-0.05, 0) is 29.9 Å². The molecule has 0 saturated carbocycles. The molecule has 0 spiro atoms. The summed E-state index contributed by atoms with van der Waals surface area (Å²) in [5, 5.41) is 3.85. The van der Waals surface area contributed by atoms with E-state index in [2.05, 4.69) is 26.1 Å². The van der Waals surface area contributed by atoms with Crippen molar-refractivity contribution in [3.05, 3.63) is 34.9 Å². The summed E-state index contributed by atoms with van der Waals surface area (Å²) in [4.78, 5) is 14.3. The molecule has 1 fully saturated rings. The lowest BCUT2D eigenvalue weighted by Gasteiger charge is -2.27. The zero-order chi connectivity index (χ0) is 14.7. The molecule has 1 saturated heterocycles. The normalized spacial score (nSPS) is 20.2. The smallest absolute Gasteiger partial charge is 0.317 e. The molecule has 1 aliphatic rings. The van der Waals surface area contributed by atoms with Crippen LogP contribution in [0.25, 0.3) is 0 Å². The summed E-state index contributed by atoms with van der Waals surface area (Å²) in [7, 11) is 0. The van der Waals surface area contributed by atoms with Crippen molar-refractivity contribution < 1.29 is 4.79 Å². The average Bonchev–Trinajstić information content (AvgIpc) is 2.83. The van der Waals surface area contributed by atoms with Crippen LogP contribution in [0.5, 0.6) is 0 Å². The van der Waals surface area contributed by atoms with Crippen molar-refractivity contribution in [2.75, 3.05) is 13.1 Å². The molecular formula is C16H23ClN2O. The first-order chi connectivity index (χ1) is 9.49. The lowest BCUT2D eigenvalue weighted by Crippen LogP contribution is -2.41. The fraction of sp³-hybridized carbons (Fsp3) is 0.562. The van der Waals surface area contributed by atoms with E-state index in [9.17, 15) is 4.79 Å². The van der Waals surface area contributed by atoms with Gasteiger partial charge in [0.15, 0.2) is 0 Å². The molecule has 2 atom stereocenters. The molecule has 2 rings (SSSR count). The highest BCUT2D eigenvalue weighted by Gasteiger charge is 2.27. The van der Waals surface area contributed by atoms with Crippen molar-refractivity contribution in [3.8, 4) is 0 Å². The zero-order valence-corrected chi connectivity index (χ0v) is 13.2. The Labute approximate surface area is 126 Å². The minimum atomic E-state index is -0.0490. The Kier molecular flexibility index (Phi) is 4.92. The zero-order valence-electron chi connectivity index (χ0n) is 12.4. The first-order valence-corrected chi connectivity index (χ1v) is 7.66. The Hall–Kier alpha value is -1.22. The SMILES string of the molecule is CC1CCN(C(=O)NC(c2ccccc2Cl)C(C)C)C1. The third-order valence-electron chi connectivity index (χ3n) is 3.90. The minimum absolute atomic E-state index is 0.0213. The van der Waals surface area contributed by atoms with Gasteiger partial charge in [0.25, 0.3) is 0 Å². The van der Waals surface area contributed by atoms with E-state index in [0.717, 1.165) is 25.1 Å². The second-order valence-corrected chi connectivity index (χ2v) is 6.44. The number of carbonyl (C=O) groups is 1. The molecule has 1 aliphatic heterocycles. The van der Waals surface area contributed by atoms with Gasteiger partial charge in [0, 0.05) is 18.1 Å². The third-order valence-corrected chi connectivity index (χ3v) is 4.24. The Morgan fingerprint density at radius 1 is 1.40 bits per heavy atom. The van der Waals surface area contributed by atoms with Crippen LogP contribution in [0, 0.1) is 11.8 Å². The Morgan fingerprint density at radius 3 is 2.65 bits per heavy atom. The van der Waals surface area contributed by atoms with Gasteiger partial charge in [-0.2, -0.15) is 0 Å². The summed E-state index contributed by atoms with van der Waals surface area (Å²) in [6.45, 7) is 8.07. The molecule has 1 heterocycles. The van der Waals surface area contributed by atoms with Crippen molar-refractivity contribution >= 4 is 17.6 Å². The Balaban J connectivity index is 2.10. The third kappa shape index (κ3) is 3.45. The highest BCUT2D eigenvalue weighted by molar-refractivity contribution is 6.31. The number of rotatable bonds is 3. The molecule has 2 amide bonds. The van der Waals surface area contributed by atoms with Crippen molar-refractivity contribution in [2.24, 2.45) is 11.8 Å². The van der Waals surface area contributed by atoms with Crippen molar-refractivity contribution in [2.45, 2.75) is 33.2 Å². The van der Waals surface area contributed by atoms with Crippen LogP contribution >= 0.6 is 11.6 Å². The molecule has 20 heavy (non-hydrogen) atoms. The van der Waals surface area contributed by atoms with Gasteiger partial charge < -0.3 is 10.2 Å². The lowest BCUT2D eigenvalue weighted by atomic mass is 9.96. The predicted molar refractivity (Wildman–Crippen MR) is 82.9 cm³/mol. The monoisotopic (exact) mass is 294 g/mol. The number of amides is 2. The van der Waals surface area contributed by atoms with Crippen LogP contribution in [-0.4, -0.2) is 24.0 Å². The summed E-state index contributed by atoms with van der Waals surface area (Å²) >= 11 is 6.26. The molecule has 3 nitrogen and oxygen atoms in total. The molecule has 2 unspecified atom stereocenters. The molecular weight excluding hydrogens is 272 g/mol. The maximum Gasteiger partial charge on any atom is 0.317 e. The second kappa shape index (κ2) is 6.49. The molecule has 1 N–H and O–H groups in total. The van der Waals surface area contributed by atoms with E-state index >= 15 is 0 Å². The number of likely N-dealkylation sites (tertiary alicyclic amines) is 1. The van der Waals surface area contributed by atoms with Gasteiger partial charge in [0.2, 0.25) is 0 Å². The number of hydrogen-bond donors (Lipinski definition) is 1. The topological polar surface area (TPSA) is 32.3 Å². The van der Waals surface area contributed by atoms with Crippen molar-refractivity contribution in [1.29, 1.82) is 0 Å². The maximum absolute atomic E-state index is 12.4. The van der Waals surface area contributed by atoms with Crippen LogP contribution in [0.2, 0.25) is 5.02 Å². The standard InChI is InChI=1S/C16H23ClN2O/c1-11(2)15(13-6-4-5-7-14(13)17)18-16(20)19-9-8-12(3)10-19/h4-7,11-12,15H,8-10H2,1-3H3,(H,18,20). The first kappa shape index (κ1) is 15.2. The molecule has 1 aromatic carbocycles. The fourth-order valence-corrected chi connectivity index (χ4v) is 2.93. The van der Waals surface area contributed by atoms with Crippen molar-refractivity contribution in [1.82, 2.24) is 10.2 Å². The Bertz CT molecular complexity index is 475. The van der Waals surface area contributed by atoms with Gasteiger partial charge in [-0.15, -0.1) is 0 Å².